The van der Waals surface area contributed by atoms with Crippen molar-refractivity contribution in [1.82, 2.24) is 9.97 Å². The maximum absolute atomic E-state index is 11.9. The summed E-state index contributed by atoms with van der Waals surface area (Å²) in [5, 5.41) is 7.98. The van der Waals surface area contributed by atoms with Crippen LogP contribution < -0.4 is 20.1 Å². The van der Waals surface area contributed by atoms with Crippen LogP contribution in [0.1, 0.15) is 5.56 Å². The standard InChI is InChI=1S/C17H16N4O3S/c1-23-13-6-3-2-5-12(13)10-24-15-9-14(18-11-19-15)20-17(22)21-16-7-4-8-25-16/h2-9,11H,10H2,1H3,(H2,18,19,20,21,22). The molecule has 128 valence electrons. The number of anilines is 2. The molecule has 3 aromatic rings. The van der Waals surface area contributed by atoms with E-state index in [1.54, 1.807) is 13.2 Å². The summed E-state index contributed by atoms with van der Waals surface area (Å²) in [6.07, 6.45) is 1.33. The molecule has 0 aliphatic heterocycles. The third kappa shape index (κ3) is 4.67. The van der Waals surface area contributed by atoms with Crippen molar-refractivity contribution in [3.8, 4) is 11.6 Å². The van der Waals surface area contributed by atoms with Crippen LogP contribution in [0.25, 0.3) is 0 Å². The van der Waals surface area contributed by atoms with Gasteiger partial charge in [-0.15, -0.1) is 11.3 Å². The van der Waals surface area contributed by atoms with Crippen molar-refractivity contribution in [3.63, 3.8) is 0 Å². The van der Waals surface area contributed by atoms with Crippen LogP contribution in [-0.4, -0.2) is 23.1 Å². The Morgan fingerprint density at radius 1 is 1.16 bits per heavy atom. The van der Waals surface area contributed by atoms with Crippen molar-refractivity contribution in [3.05, 3.63) is 59.7 Å². The fraction of sp³-hybridized carbons (Fsp3) is 0.118. The van der Waals surface area contributed by atoms with E-state index >= 15 is 0 Å². The van der Waals surface area contributed by atoms with Crippen molar-refractivity contribution >= 4 is 28.2 Å². The SMILES string of the molecule is COc1ccccc1COc1cc(NC(=O)Nc2cccs2)ncn1. The van der Waals surface area contributed by atoms with Crippen molar-refractivity contribution in [2.45, 2.75) is 6.61 Å². The van der Waals surface area contributed by atoms with Crippen LogP contribution in [0.4, 0.5) is 15.6 Å². The number of urea groups is 1. The second-order valence-electron chi connectivity index (χ2n) is 4.90. The molecule has 2 N–H and O–H groups in total. The number of hydrogen-bond acceptors (Lipinski definition) is 6. The van der Waals surface area contributed by atoms with E-state index in [1.807, 2.05) is 41.8 Å². The fourth-order valence-corrected chi connectivity index (χ4v) is 2.68. The number of benzene rings is 1. The highest BCUT2D eigenvalue weighted by Gasteiger charge is 2.07. The summed E-state index contributed by atoms with van der Waals surface area (Å²) < 4.78 is 10.9. The van der Waals surface area contributed by atoms with Gasteiger partial charge in [-0.1, -0.05) is 18.2 Å². The van der Waals surface area contributed by atoms with Crippen LogP contribution in [0.5, 0.6) is 11.6 Å². The largest absolute Gasteiger partial charge is 0.496 e. The van der Waals surface area contributed by atoms with Gasteiger partial charge in [0.25, 0.3) is 0 Å². The lowest BCUT2D eigenvalue weighted by molar-refractivity contribution is 0.262. The van der Waals surface area contributed by atoms with Gasteiger partial charge in [-0.2, -0.15) is 0 Å². The van der Waals surface area contributed by atoms with E-state index in [9.17, 15) is 4.79 Å². The van der Waals surface area contributed by atoms with Gasteiger partial charge < -0.3 is 9.47 Å². The molecule has 0 radical (unpaired) electrons. The molecule has 7 nitrogen and oxygen atoms in total. The number of hydrogen-bond donors (Lipinski definition) is 2. The van der Waals surface area contributed by atoms with Gasteiger partial charge >= 0.3 is 6.03 Å². The number of ether oxygens (including phenoxy) is 2. The molecule has 25 heavy (non-hydrogen) atoms. The van der Waals surface area contributed by atoms with Crippen molar-refractivity contribution in [1.29, 1.82) is 0 Å². The third-order valence-electron chi connectivity index (χ3n) is 3.21. The Balaban J connectivity index is 1.60. The summed E-state index contributed by atoms with van der Waals surface area (Å²) in [7, 11) is 1.61. The number of carbonyl (C=O) groups excluding carboxylic acids is 1. The zero-order valence-corrected chi connectivity index (χ0v) is 14.2. The lowest BCUT2D eigenvalue weighted by Crippen LogP contribution is -2.19. The maximum Gasteiger partial charge on any atom is 0.325 e. The smallest absolute Gasteiger partial charge is 0.325 e. The Kier molecular flexibility index (Phi) is 5.43. The molecule has 0 bridgehead atoms. The third-order valence-corrected chi connectivity index (χ3v) is 3.99. The summed E-state index contributed by atoms with van der Waals surface area (Å²) >= 11 is 1.43. The zero-order chi connectivity index (χ0) is 17.5. The highest BCUT2D eigenvalue weighted by atomic mass is 32.1. The van der Waals surface area contributed by atoms with E-state index in [2.05, 4.69) is 20.6 Å². The van der Waals surface area contributed by atoms with Gasteiger partial charge in [0.2, 0.25) is 5.88 Å². The Bertz CT molecular complexity index is 839. The summed E-state index contributed by atoms with van der Waals surface area (Å²) in [6, 6.07) is 12.4. The summed E-state index contributed by atoms with van der Waals surface area (Å²) in [5.74, 6) is 1.44. The molecular formula is C17H16N4O3S. The van der Waals surface area contributed by atoms with E-state index in [1.165, 1.54) is 17.7 Å². The number of nitrogens with one attached hydrogen (secondary N) is 2. The molecule has 2 heterocycles. The first-order valence-electron chi connectivity index (χ1n) is 7.43. The Morgan fingerprint density at radius 2 is 2.04 bits per heavy atom. The molecule has 8 heteroatoms. The molecule has 0 fully saturated rings. The second-order valence-corrected chi connectivity index (χ2v) is 5.85. The first-order chi connectivity index (χ1) is 12.2. The second kappa shape index (κ2) is 8.11. The average Bonchev–Trinajstić information content (AvgIpc) is 3.13. The quantitative estimate of drug-likeness (QED) is 0.702. The Labute approximate surface area is 148 Å². The molecule has 2 aromatic heterocycles. The van der Waals surface area contributed by atoms with Crippen LogP contribution in [0, 0.1) is 0 Å². The maximum atomic E-state index is 11.9. The summed E-state index contributed by atoms with van der Waals surface area (Å²) in [6.45, 7) is 0.294. The van der Waals surface area contributed by atoms with Gasteiger partial charge in [0.15, 0.2) is 0 Å². The number of aromatic nitrogens is 2. The summed E-state index contributed by atoms with van der Waals surface area (Å²) in [4.78, 5) is 20.0. The minimum atomic E-state index is -0.378. The number of rotatable bonds is 6. The van der Waals surface area contributed by atoms with Crippen LogP contribution in [0.2, 0.25) is 0 Å². The predicted octanol–water partition coefficient (Wildman–Crippen LogP) is 3.77. The lowest BCUT2D eigenvalue weighted by Gasteiger charge is -2.10. The van der Waals surface area contributed by atoms with Crippen LogP contribution in [0.15, 0.2) is 54.2 Å². The van der Waals surface area contributed by atoms with Crippen LogP contribution in [0.3, 0.4) is 0 Å². The van der Waals surface area contributed by atoms with E-state index in [4.69, 9.17) is 9.47 Å². The van der Waals surface area contributed by atoms with Crippen molar-refractivity contribution in [2.75, 3.05) is 17.7 Å². The lowest BCUT2D eigenvalue weighted by atomic mass is 10.2. The molecule has 0 unspecified atom stereocenters. The molecule has 1 aromatic carbocycles. The number of nitrogens with zero attached hydrogens (tertiary/aromatic N) is 2. The van der Waals surface area contributed by atoms with E-state index < -0.39 is 0 Å². The minimum Gasteiger partial charge on any atom is -0.496 e. The average molecular weight is 356 g/mol. The molecule has 2 amide bonds. The first kappa shape index (κ1) is 16.7. The first-order valence-corrected chi connectivity index (χ1v) is 8.31. The van der Waals surface area contributed by atoms with E-state index in [-0.39, 0.29) is 6.03 Å². The number of para-hydroxylation sites is 1. The van der Waals surface area contributed by atoms with Gasteiger partial charge in [-0.05, 0) is 23.6 Å². The van der Waals surface area contributed by atoms with Gasteiger partial charge in [0.1, 0.15) is 24.5 Å². The molecule has 0 saturated carbocycles. The molecule has 3 rings (SSSR count). The van der Waals surface area contributed by atoms with Crippen molar-refractivity contribution < 1.29 is 14.3 Å². The zero-order valence-electron chi connectivity index (χ0n) is 13.4. The molecule has 0 aliphatic rings. The van der Waals surface area contributed by atoms with Gasteiger partial charge in [0, 0.05) is 11.6 Å². The molecule has 0 saturated heterocycles. The molecule has 0 spiro atoms. The Morgan fingerprint density at radius 3 is 2.84 bits per heavy atom. The van der Waals surface area contributed by atoms with Gasteiger partial charge in [-0.25, -0.2) is 14.8 Å². The van der Waals surface area contributed by atoms with Crippen LogP contribution >= 0.6 is 11.3 Å². The van der Waals surface area contributed by atoms with Gasteiger partial charge in [0.05, 0.1) is 12.1 Å². The van der Waals surface area contributed by atoms with Crippen molar-refractivity contribution in [2.24, 2.45) is 0 Å². The number of amides is 2. The fourth-order valence-electron chi connectivity index (χ4n) is 2.07. The van der Waals surface area contributed by atoms with Crippen LogP contribution in [-0.2, 0) is 6.61 Å². The Hall–Kier alpha value is -3.13. The summed E-state index contributed by atoms with van der Waals surface area (Å²) in [5.41, 5.74) is 0.897. The number of methoxy groups -OCH3 is 1. The molecule has 0 aliphatic carbocycles. The van der Waals surface area contributed by atoms with E-state index in [0.717, 1.165) is 16.3 Å². The minimum absolute atomic E-state index is 0.294. The highest BCUT2D eigenvalue weighted by Crippen LogP contribution is 2.20. The molecular weight excluding hydrogens is 340 g/mol. The predicted molar refractivity (Wildman–Crippen MR) is 96.3 cm³/mol. The van der Waals surface area contributed by atoms with E-state index in [0.29, 0.717) is 18.3 Å². The normalized spacial score (nSPS) is 10.1. The number of carbonyl (C=O) groups is 1. The highest BCUT2D eigenvalue weighted by molar-refractivity contribution is 7.14. The van der Waals surface area contributed by atoms with Gasteiger partial charge in [-0.3, -0.25) is 10.6 Å². The number of thiophene rings is 1. The monoisotopic (exact) mass is 356 g/mol. The topological polar surface area (TPSA) is 85.4 Å². The molecule has 0 atom stereocenters.